The van der Waals surface area contributed by atoms with Crippen molar-refractivity contribution in [3.8, 4) is 17.1 Å². The summed E-state index contributed by atoms with van der Waals surface area (Å²) in [7, 11) is -1.78. The van der Waals surface area contributed by atoms with E-state index in [0.717, 1.165) is 33.9 Å². The average molecular weight is 449 g/mol. The Morgan fingerprint density at radius 2 is 1.81 bits per heavy atom. The molecule has 0 radical (unpaired) electrons. The van der Waals surface area contributed by atoms with Gasteiger partial charge in [-0.1, -0.05) is 30.3 Å². The Morgan fingerprint density at radius 3 is 2.56 bits per heavy atom. The van der Waals surface area contributed by atoms with Crippen LogP contribution >= 0.6 is 0 Å². The quantitative estimate of drug-likeness (QED) is 0.447. The third-order valence-electron chi connectivity index (χ3n) is 5.87. The van der Waals surface area contributed by atoms with Gasteiger partial charge >= 0.3 is 0 Å². The van der Waals surface area contributed by atoms with E-state index in [-0.39, 0.29) is 11.8 Å². The predicted molar refractivity (Wildman–Crippen MR) is 124 cm³/mol. The number of hydrogen-bond acceptors (Lipinski definition) is 5. The van der Waals surface area contributed by atoms with E-state index in [0.29, 0.717) is 19.5 Å². The number of hydrogen-bond donors (Lipinski definition) is 0. The second kappa shape index (κ2) is 8.37. The van der Waals surface area contributed by atoms with Crippen molar-refractivity contribution in [3.05, 3.63) is 78.5 Å². The average Bonchev–Trinajstić information content (AvgIpc) is 3.45. The summed E-state index contributed by atoms with van der Waals surface area (Å²) in [5.41, 5.74) is 3.30. The first-order chi connectivity index (χ1) is 15.5. The third kappa shape index (κ3) is 3.87. The molecule has 2 aromatic carbocycles. The van der Waals surface area contributed by atoms with Gasteiger partial charge in [0.05, 0.1) is 18.9 Å². The number of pyridine rings is 1. The molecular weight excluding hydrogens is 424 g/mol. The molecular formula is C24H24N4O3S. The Morgan fingerprint density at radius 1 is 1.03 bits per heavy atom. The standard InChI is InChI=1S/C24H24N4O3S/c1-31-21-11-9-19(10-12-21)23-26-22-8-5-14-25-24(22)28(23)20-13-15-27(16-20)32(29,30)17-18-6-3-2-4-7-18/h2-12,14,20H,13,15-17H2,1H3/t20-/m0/s1. The van der Waals surface area contributed by atoms with Gasteiger partial charge in [0.25, 0.3) is 0 Å². The van der Waals surface area contributed by atoms with E-state index >= 15 is 0 Å². The van der Waals surface area contributed by atoms with Crippen molar-refractivity contribution in [1.29, 1.82) is 0 Å². The van der Waals surface area contributed by atoms with Crippen molar-refractivity contribution in [2.45, 2.75) is 18.2 Å². The number of sulfonamides is 1. The fourth-order valence-corrected chi connectivity index (χ4v) is 5.85. The summed E-state index contributed by atoms with van der Waals surface area (Å²) >= 11 is 0. The summed E-state index contributed by atoms with van der Waals surface area (Å²) in [4.78, 5) is 9.40. The molecule has 0 aliphatic carbocycles. The lowest BCUT2D eigenvalue weighted by Gasteiger charge is -2.19. The first-order valence-electron chi connectivity index (χ1n) is 10.5. The molecule has 1 atom stereocenters. The van der Waals surface area contributed by atoms with Crippen molar-refractivity contribution in [2.75, 3.05) is 20.2 Å². The van der Waals surface area contributed by atoms with Gasteiger partial charge in [-0.2, -0.15) is 4.31 Å². The first-order valence-corrected chi connectivity index (χ1v) is 12.2. The predicted octanol–water partition coefficient (Wildman–Crippen LogP) is 3.88. The monoisotopic (exact) mass is 448 g/mol. The van der Waals surface area contributed by atoms with E-state index in [9.17, 15) is 8.42 Å². The summed E-state index contributed by atoms with van der Waals surface area (Å²) in [6.45, 7) is 0.884. The Kier molecular flexibility index (Phi) is 5.40. The normalized spacial score (nSPS) is 17.1. The topological polar surface area (TPSA) is 77.3 Å². The molecule has 1 aliphatic rings. The number of aromatic nitrogens is 3. The van der Waals surface area contributed by atoms with Crippen LogP contribution in [0.5, 0.6) is 5.75 Å². The second-order valence-electron chi connectivity index (χ2n) is 7.92. The summed E-state index contributed by atoms with van der Waals surface area (Å²) in [5.74, 6) is 1.57. The fourth-order valence-electron chi connectivity index (χ4n) is 4.27. The lowest BCUT2D eigenvalue weighted by atomic mass is 10.2. The fraction of sp³-hybridized carbons (Fsp3) is 0.250. The van der Waals surface area contributed by atoms with E-state index in [2.05, 4.69) is 9.55 Å². The van der Waals surface area contributed by atoms with Gasteiger partial charge in [0.2, 0.25) is 10.0 Å². The lowest BCUT2D eigenvalue weighted by Crippen LogP contribution is -2.30. The summed E-state index contributed by atoms with van der Waals surface area (Å²) in [6, 6.07) is 20.8. The molecule has 0 amide bonds. The van der Waals surface area contributed by atoms with Crippen LogP contribution in [0.15, 0.2) is 72.9 Å². The number of fused-ring (bicyclic) bond motifs is 1. The molecule has 3 heterocycles. The second-order valence-corrected chi connectivity index (χ2v) is 9.89. The van der Waals surface area contributed by atoms with Crippen LogP contribution in [0.1, 0.15) is 18.0 Å². The van der Waals surface area contributed by atoms with Crippen molar-refractivity contribution >= 4 is 21.2 Å². The summed E-state index contributed by atoms with van der Waals surface area (Å²) < 4.78 is 35.1. The number of imidazole rings is 1. The highest BCUT2D eigenvalue weighted by atomic mass is 32.2. The van der Waals surface area contributed by atoms with Crippen LogP contribution in [0.25, 0.3) is 22.6 Å². The molecule has 0 saturated carbocycles. The van der Waals surface area contributed by atoms with Crippen LogP contribution in [-0.4, -0.2) is 47.5 Å². The largest absolute Gasteiger partial charge is 0.497 e. The minimum absolute atomic E-state index is 0.00875. The molecule has 1 aliphatic heterocycles. The van der Waals surface area contributed by atoms with Crippen LogP contribution in [0.2, 0.25) is 0 Å². The van der Waals surface area contributed by atoms with E-state index in [1.54, 1.807) is 17.6 Å². The Labute approximate surface area is 187 Å². The summed E-state index contributed by atoms with van der Waals surface area (Å²) in [5, 5.41) is 0. The van der Waals surface area contributed by atoms with Crippen LogP contribution in [0, 0.1) is 0 Å². The molecule has 1 fully saturated rings. The van der Waals surface area contributed by atoms with Crippen molar-refractivity contribution in [2.24, 2.45) is 0 Å². The smallest absolute Gasteiger partial charge is 0.218 e. The Balaban J connectivity index is 1.48. The van der Waals surface area contributed by atoms with E-state index in [4.69, 9.17) is 9.72 Å². The molecule has 0 bridgehead atoms. The Bertz CT molecular complexity index is 1330. The number of ether oxygens (including phenoxy) is 1. The minimum Gasteiger partial charge on any atom is -0.497 e. The van der Waals surface area contributed by atoms with Crippen molar-refractivity contribution in [3.63, 3.8) is 0 Å². The minimum atomic E-state index is -3.41. The van der Waals surface area contributed by atoms with Crippen LogP contribution in [0.4, 0.5) is 0 Å². The Hall–Kier alpha value is -3.23. The van der Waals surface area contributed by atoms with Crippen LogP contribution < -0.4 is 4.74 Å². The highest BCUT2D eigenvalue weighted by molar-refractivity contribution is 7.88. The molecule has 8 heteroatoms. The van der Waals surface area contributed by atoms with Crippen LogP contribution in [0.3, 0.4) is 0 Å². The number of nitrogens with zero attached hydrogens (tertiary/aromatic N) is 4. The molecule has 0 N–H and O–H groups in total. The molecule has 32 heavy (non-hydrogen) atoms. The molecule has 0 spiro atoms. The van der Waals surface area contributed by atoms with Crippen molar-refractivity contribution < 1.29 is 13.2 Å². The zero-order valence-corrected chi connectivity index (χ0v) is 18.6. The molecule has 1 saturated heterocycles. The van der Waals surface area contributed by atoms with Gasteiger partial charge in [0.1, 0.15) is 17.1 Å². The highest BCUT2D eigenvalue weighted by Gasteiger charge is 2.34. The van der Waals surface area contributed by atoms with Gasteiger partial charge < -0.3 is 9.30 Å². The van der Waals surface area contributed by atoms with Crippen LogP contribution in [-0.2, 0) is 15.8 Å². The molecule has 7 nitrogen and oxygen atoms in total. The zero-order valence-electron chi connectivity index (χ0n) is 17.8. The van der Waals surface area contributed by atoms with Gasteiger partial charge in [-0.3, -0.25) is 0 Å². The molecule has 4 aromatic rings. The molecule has 2 aromatic heterocycles. The highest BCUT2D eigenvalue weighted by Crippen LogP contribution is 2.34. The van der Waals surface area contributed by atoms with E-state index in [1.807, 2.05) is 66.7 Å². The number of methoxy groups -OCH3 is 1. The maximum Gasteiger partial charge on any atom is 0.218 e. The first kappa shape index (κ1) is 20.7. The number of benzene rings is 2. The number of rotatable bonds is 6. The maximum absolute atomic E-state index is 13.1. The molecule has 5 rings (SSSR count). The maximum atomic E-state index is 13.1. The van der Waals surface area contributed by atoms with Gasteiger partial charge in [-0.05, 0) is 48.4 Å². The summed E-state index contributed by atoms with van der Waals surface area (Å²) in [6.07, 6.45) is 2.45. The lowest BCUT2D eigenvalue weighted by molar-refractivity contribution is 0.415. The molecule has 0 unspecified atom stereocenters. The van der Waals surface area contributed by atoms with Gasteiger partial charge in [0, 0.05) is 24.8 Å². The van der Waals surface area contributed by atoms with Gasteiger partial charge in [0.15, 0.2) is 5.65 Å². The third-order valence-corrected chi connectivity index (χ3v) is 7.69. The van der Waals surface area contributed by atoms with E-state index in [1.165, 1.54) is 0 Å². The van der Waals surface area contributed by atoms with Gasteiger partial charge in [-0.15, -0.1) is 0 Å². The van der Waals surface area contributed by atoms with E-state index < -0.39 is 10.0 Å². The molecule has 164 valence electrons. The van der Waals surface area contributed by atoms with Crippen molar-refractivity contribution in [1.82, 2.24) is 18.8 Å². The SMILES string of the molecule is COc1ccc(-c2nc3cccnc3n2[C@H]2CCN(S(=O)(=O)Cc3ccccc3)C2)cc1. The van der Waals surface area contributed by atoms with Gasteiger partial charge in [-0.25, -0.2) is 18.4 Å². The zero-order chi connectivity index (χ0) is 22.1.